The molecular weight excluding hydrogens is 224 g/mol. The summed E-state index contributed by atoms with van der Waals surface area (Å²) in [6, 6.07) is 8.78. The fourth-order valence-electron chi connectivity index (χ4n) is 2.18. The van der Waals surface area contributed by atoms with E-state index in [9.17, 15) is 0 Å². The van der Waals surface area contributed by atoms with Crippen LogP contribution in [0.2, 0.25) is 0 Å². The van der Waals surface area contributed by atoms with Crippen LogP contribution in [-0.4, -0.2) is 38.9 Å². The fraction of sp³-hybridized carbons (Fsp3) is 0.600. The first-order valence-electron chi connectivity index (χ1n) is 6.93. The van der Waals surface area contributed by atoms with Gasteiger partial charge in [0.25, 0.3) is 0 Å². The first-order valence-corrected chi connectivity index (χ1v) is 6.93. The molecule has 1 aliphatic rings. The molecule has 1 saturated heterocycles. The minimum Gasteiger partial charge on any atom is -0.376 e. The number of aryl methyl sites for hydroxylation is 1. The van der Waals surface area contributed by atoms with Gasteiger partial charge in [0, 0.05) is 13.1 Å². The second-order valence-corrected chi connectivity index (χ2v) is 4.97. The Morgan fingerprint density at radius 3 is 2.83 bits per heavy atom. The third-order valence-electron chi connectivity index (χ3n) is 3.36. The van der Waals surface area contributed by atoms with E-state index in [1.54, 1.807) is 0 Å². The molecule has 0 amide bonds. The standard InChI is InChI=1S/C15H24N2O/c1-13-2-4-14(5-3-13)6-8-16-9-7-15-12-17-10-11-18-15/h2-5,15-17H,6-12H2,1H3. The van der Waals surface area contributed by atoms with E-state index in [0.29, 0.717) is 6.10 Å². The van der Waals surface area contributed by atoms with Crippen LogP contribution in [0.25, 0.3) is 0 Å². The third-order valence-corrected chi connectivity index (χ3v) is 3.36. The second kappa shape index (κ2) is 7.52. The van der Waals surface area contributed by atoms with Crippen LogP contribution < -0.4 is 10.6 Å². The molecule has 0 bridgehead atoms. The summed E-state index contributed by atoms with van der Waals surface area (Å²) in [4.78, 5) is 0. The van der Waals surface area contributed by atoms with Gasteiger partial charge < -0.3 is 15.4 Å². The van der Waals surface area contributed by atoms with Crippen molar-refractivity contribution in [3.05, 3.63) is 35.4 Å². The fourth-order valence-corrected chi connectivity index (χ4v) is 2.18. The molecular formula is C15H24N2O. The Bertz CT molecular complexity index is 331. The molecule has 0 spiro atoms. The molecule has 0 aliphatic carbocycles. The van der Waals surface area contributed by atoms with E-state index in [1.807, 2.05) is 0 Å². The number of hydrogen-bond donors (Lipinski definition) is 2. The number of ether oxygens (including phenoxy) is 1. The predicted octanol–water partition coefficient (Wildman–Crippen LogP) is 1.51. The zero-order valence-electron chi connectivity index (χ0n) is 11.2. The second-order valence-electron chi connectivity index (χ2n) is 4.97. The molecule has 1 aromatic carbocycles. The average molecular weight is 248 g/mol. The van der Waals surface area contributed by atoms with Gasteiger partial charge >= 0.3 is 0 Å². The lowest BCUT2D eigenvalue weighted by Gasteiger charge is -2.23. The molecule has 1 fully saturated rings. The van der Waals surface area contributed by atoms with Crippen molar-refractivity contribution in [2.24, 2.45) is 0 Å². The van der Waals surface area contributed by atoms with Crippen LogP contribution in [-0.2, 0) is 11.2 Å². The molecule has 100 valence electrons. The van der Waals surface area contributed by atoms with Crippen molar-refractivity contribution >= 4 is 0 Å². The van der Waals surface area contributed by atoms with E-state index in [2.05, 4.69) is 41.8 Å². The Labute approximate surface area is 110 Å². The zero-order valence-corrected chi connectivity index (χ0v) is 11.2. The topological polar surface area (TPSA) is 33.3 Å². The van der Waals surface area contributed by atoms with E-state index in [-0.39, 0.29) is 0 Å². The van der Waals surface area contributed by atoms with Gasteiger partial charge in [0.15, 0.2) is 0 Å². The normalized spacial score (nSPS) is 19.9. The van der Waals surface area contributed by atoms with Gasteiger partial charge in [-0.25, -0.2) is 0 Å². The highest BCUT2D eigenvalue weighted by atomic mass is 16.5. The summed E-state index contributed by atoms with van der Waals surface area (Å²) in [5, 5.41) is 6.84. The van der Waals surface area contributed by atoms with E-state index in [1.165, 1.54) is 11.1 Å². The van der Waals surface area contributed by atoms with Gasteiger partial charge in [-0.05, 0) is 38.4 Å². The van der Waals surface area contributed by atoms with Gasteiger partial charge in [0.1, 0.15) is 0 Å². The van der Waals surface area contributed by atoms with Crippen molar-refractivity contribution in [2.45, 2.75) is 25.9 Å². The van der Waals surface area contributed by atoms with Crippen LogP contribution in [0.4, 0.5) is 0 Å². The third kappa shape index (κ3) is 4.77. The number of morpholine rings is 1. The summed E-state index contributed by atoms with van der Waals surface area (Å²) in [6.07, 6.45) is 2.59. The molecule has 1 aromatic rings. The maximum Gasteiger partial charge on any atom is 0.0712 e. The smallest absolute Gasteiger partial charge is 0.0712 e. The van der Waals surface area contributed by atoms with Crippen molar-refractivity contribution < 1.29 is 4.74 Å². The Kier molecular flexibility index (Phi) is 5.65. The van der Waals surface area contributed by atoms with E-state index in [0.717, 1.165) is 45.6 Å². The molecule has 0 radical (unpaired) electrons. The summed E-state index contributed by atoms with van der Waals surface area (Å²) < 4.78 is 5.65. The highest BCUT2D eigenvalue weighted by Gasteiger charge is 2.11. The molecule has 2 rings (SSSR count). The maximum atomic E-state index is 5.65. The highest BCUT2D eigenvalue weighted by molar-refractivity contribution is 5.21. The predicted molar refractivity (Wildman–Crippen MR) is 75.0 cm³/mol. The van der Waals surface area contributed by atoms with Crippen LogP contribution in [0, 0.1) is 6.92 Å². The SMILES string of the molecule is Cc1ccc(CCNCCC2CNCCO2)cc1. The number of nitrogens with one attached hydrogen (secondary N) is 2. The summed E-state index contributed by atoms with van der Waals surface area (Å²) in [6.45, 7) is 7.06. The van der Waals surface area contributed by atoms with Gasteiger partial charge in [0.2, 0.25) is 0 Å². The van der Waals surface area contributed by atoms with Crippen molar-refractivity contribution in [1.29, 1.82) is 0 Å². The lowest BCUT2D eigenvalue weighted by Crippen LogP contribution is -2.40. The van der Waals surface area contributed by atoms with E-state index < -0.39 is 0 Å². The minimum absolute atomic E-state index is 0.394. The van der Waals surface area contributed by atoms with Crippen molar-refractivity contribution in [3.63, 3.8) is 0 Å². The first-order chi connectivity index (χ1) is 8.84. The molecule has 18 heavy (non-hydrogen) atoms. The lowest BCUT2D eigenvalue weighted by atomic mass is 10.1. The van der Waals surface area contributed by atoms with Crippen molar-refractivity contribution in [3.8, 4) is 0 Å². The first kappa shape index (κ1) is 13.5. The Morgan fingerprint density at radius 1 is 1.28 bits per heavy atom. The van der Waals surface area contributed by atoms with Gasteiger partial charge in [-0.3, -0.25) is 0 Å². The van der Waals surface area contributed by atoms with Gasteiger partial charge in [0.05, 0.1) is 12.7 Å². The average Bonchev–Trinajstić information content (AvgIpc) is 2.42. The molecule has 2 N–H and O–H groups in total. The van der Waals surface area contributed by atoms with Crippen LogP contribution in [0.1, 0.15) is 17.5 Å². The molecule has 3 nitrogen and oxygen atoms in total. The van der Waals surface area contributed by atoms with Crippen molar-refractivity contribution in [1.82, 2.24) is 10.6 Å². The highest BCUT2D eigenvalue weighted by Crippen LogP contribution is 2.03. The summed E-state index contributed by atoms with van der Waals surface area (Å²) in [7, 11) is 0. The van der Waals surface area contributed by atoms with Gasteiger partial charge in [-0.1, -0.05) is 29.8 Å². The number of rotatable bonds is 6. The quantitative estimate of drug-likeness (QED) is 0.749. The molecule has 1 heterocycles. The molecule has 1 aliphatic heterocycles. The number of hydrogen-bond acceptors (Lipinski definition) is 3. The van der Waals surface area contributed by atoms with E-state index in [4.69, 9.17) is 4.74 Å². The Hall–Kier alpha value is -0.900. The summed E-state index contributed by atoms with van der Waals surface area (Å²) in [5.74, 6) is 0. The zero-order chi connectivity index (χ0) is 12.6. The maximum absolute atomic E-state index is 5.65. The monoisotopic (exact) mass is 248 g/mol. The lowest BCUT2D eigenvalue weighted by molar-refractivity contribution is 0.0239. The summed E-state index contributed by atoms with van der Waals surface area (Å²) >= 11 is 0. The Balaban J connectivity index is 1.54. The minimum atomic E-state index is 0.394. The van der Waals surface area contributed by atoms with Crippen LogP contribution in [0.5, 0.6) is 0 Å². The largest absolute Gasteiger partial charge is 0.376 e. The molecule has 3 heteroatoms. The van der Waals surface area contributed by atoms with Crippen LogP contribution in [0.3, 0.4) is 0 Å². The molecule has 0 saturated carbocycles. The Morgan fingerprint density at radius 2 is 2.11 bits per heavy atom. The van der Waals surface area contributed by atoms with Gasteiger partial charge in [-0.2, -0.15) is 0 Å². The number of benzene rings is 1. The van der Waals surface area contributed by atoms with E-state index >= 15 is 0 Å². The van der Waals surface area contributed by atoms with Crippen molar-refractivity contribution in [2.75, 3.05) is 32.8 Å². The molecule has 1 atom stereocenters. The molecule has 1 unspecified atom stereocenters. The van der Waals surface area contributed by atoms with Gasteiger partial charge in [-0.15, -0.1) is 0 Å². The van der Waals surface area contributed by atoms with Crippen LogP contribution in [0.15, 0.2) is 24.3 Å². The summed E-state index contributed by atoms with van der Waals surface area (Å²) in [5.41, 5.74) is 2.73. The van der Waals surface area contributed by atoms with Crippen LogP contribution >= 0.6 is 0 Å². The molecule has 0 aromatic heterocycles.